The Labute approximate surface area is 369 Å². The summed E-state index contributed by atoms with van der Waals surface area (Å²) in [7, 11) is -2.02. The maximum absolute atomic E-state index is 7.14. The lowest BCUT2D eigenvalue weighted by Crippen LogP contribution is -2.22. The van der Waals surface area contributed by atoms with Gasteiger partial charge in [0.1, 0.15) is 17.2 Å². The van der Waals surface area contributed by atoms with Crippen LogP contribution in [0.3, 0.4) is 0 Å². The maximum atomic E-state index is 7.14. The van der Waals surface area contributed by atoms with Gasteiger partial charge < -0.3 is 13.6 Å². The predicted octanol–water partition coefficient (Wildman–Crippen LogP) is 16.3. The van der Waals surface area contributed by atoms with E-state index in [4.69, 9.17) is 13.6 Å². The molecule has 0 spiro atoms. The van der Waals surface area contributed by atoms with Crippen LogP contribution in [0.5, 0.6) is 17.2 Å². The number of benzene rings is 6. The van der Waals surface area contributed by atoms with E-state index < -0.39 is 8.60 Å². The van der Waals surface area contributed by atoms with Gasteiger partial charge in [0.25, 0.3) is 0 Å². The van der Waals surface area contributed by atoms with Crippen LogP contribution in [0.1, 0.15) is 154 Å². The van der Waals surface area contributed by atoms with Gasteiger partial charge in [-0.05, 0) is 67.8 Å². The Morgan fingerprint density at radius 1 is 0.279 bits per heavy atom. The van der Waals surface area contributed by atoms with Gasteiger partial charge in [-0.2, -0.15) is 0 Å². The Morgan fingerprint density at radius 2 is 0.508 bits per heavy atom. The first kappa shape index (κ1) is 45.7. The van der Waals surface area contributed by atoms with E-state index in [0.29, 0.717) is 0 Å². The van der Waals surface area contributed by atoms with Gasteiger partial charge in [-0.1, -0.05) is 231 Å². The molecule has 3 nitrogen and oxygen atoms in total. The smallest absolute Gasteiger partial charge is 0.408 e. The van der Waals surface area contributed by atoms with Crippen molar-refractivity contribution in [2.75, 3.05) is 0 Å². The quantitative estimate of drug-likeness (QED) is 0.115. The van der Waals surface area contributed by atoms with Crippen LogP contribution in [-0.4, -0.2) is 0 Å². The molecular weight excluding hydrogens is 764 g/mol. The molecule has 4 heteroatoms. The van der Waals surface area contributed by atoms with Gasteiger partial charge in [0.15, 0.2) is 0 Å². The van der Waals surface area contributed by atoms with Crippen LogP contribution < -0.4 is 13.6 Å². The fraction of sp³-hybridized carbons (Fsp3) is 0.368. The van der Waals surface area contributed by atoms with Gasteiger partial charge in [0, 0.05) is 32.9 Å². The zero-order chi connectivity index (χ0) is 44.6. The van der Waals surface area contributed by atoms with Crippen molar-refractivity contribution in [3.8, 4) is 17.2 Å². The van der Waals surface area contributed by atoms with Gasteiger partial charge in [-0.3, -0.25) is 0 Å². The molecule has 61 heavy (non-hydrogen) atoms. The monoisotopic (exact) mass is 832 g/mol. The number of rotatable bonds is 12. The second kappa shape index (κ2) is 17.1. The number of hydrogen-bond donors (Lipinski definition) is 0. The highest BCUT2D eigenvalue weighted by Crippen LogP contribution is 2.51. The van der Waals surface area contributed by atoms with Crippen LogP contribution in [0.25, 0.3) is 0 Å². The standard InChI is InChI=1S/C57H69O3P/c1-52(2,3)46-37-43(55(10,11)40-25-19-16-20-26-40)31-34-49(46)58-61(59-50-35-32-44(38-47(50)53(4,5)6)56(12,13)41-27-21-17-22-28-41)60-51-36-33-45(39-48(51)54(7,8)9)57(14,15)42-29-23-18-24-30-42/h16-39H,1-15H3. The molecule has 0 saturated carbocycles. The van der Waals surface area contributed by atoms with Gasteiger partial charge in [-0.25, -0.2) is 0 Å². The topological polar surface area (TPSA) is 27.7 Å². The lowest BCUT2D eigenvalue weighted by atomic mass is 9.75. The summed E-state index contributed by atoms with van der Waals surface area (Å²) in [6.07, 6.45) is 0. The van der Waals surface area contributed by atoms with E-state index in [2.05, 4.69) is 249 Å². The molecule has 0 N–H and O–H groups in total. The zero-order valence-corrected chi connectivity index (χ0v) is 40.4. The van der Waals surface area contributed by atoms with E-state index in [0.717, 1.165) is 33.9 Å². The van der Waals surface area contributed by atoms with Crippen LogP contribution in [0.4, 0.5) is 0 Å². The molecule has 0 heterocycles. The summed E-state index contributed by atoms with van der Waals surface area (Å²) in [5.74, 6) is 2.26. The summed E-state index contributed by atoms with van der Waals surface area (Å²) in [6.45, 7) is 33.9. The second-order valence-corrected chi connectivity index (χ2v) is 22.3. The van der Waals surface area contributed by atoms with Crippen molar-refractivity contribution >= 4 is 8.60 Å². The summed E-state index contributed by atoms with van der Waals surface area (Å²) in [4.78, 5) is 0. The van der Waals surface area contributed by atoms with Gasteiger partial charge in [0.2, 0.25) is 0 Å². The van der Waals surface area contributed by atoms with Gasteiger partial charge in [0.05, 0.1) is 0 Å². The van der Waals surface area contributed by atoms with Crippen LogP contribution >= 0.6 is 8.60 Å². The highest BCUT2D eigenvalue weighted by molar-refractivity contribution is 7.43. The lowest BCUT2D eigenvalue weighted by molar-refractivity contribution is 0.372. The molecule has 0 aliphatic rings. The van der Waals surface area contributed by atoms with Crippen molar-refractivity contribution in [1.82, 2.24) is 0 Å². The molecule has 0 fully saturated rings. The largest absolute Gasteiger partial charge is 0.530 e. The van der Waals surface area contributed by atoms with Crippen molar-refractivity contribution in [2.45, 2.75) is 136 Å². The molecular formula is C57H69O3P. The highest BCUT2D eigenvalue weighted by Gasteiger charge is 2.34. The van der Waals surface area contributed by atoms with E-state index >= 15 is 0 Å². The second-order valence-electron chi connectivity index (χ2n) is 21.4. The normalized spacial score (nSPS) is 13.0. The average molecular weight is 833 g/mol. The molecule has 0 aliphatic heterocycles. The van der Waals surface area contributed by atoms with Crippen LogP contribution in [-0.2, 0) is 32.5 Å². The highest BCUT2D eigenvalue weighted by atomic mass is 31.2. The Hall–Kier alpha value is -4.85. The van der Waals surface area contributed by atoms with E-state index in [1.54, 1.807) is 0 Å². The molecule has 6 aromatic rings. The maximum Gasteiger partial charge on any atom is 0.530 e. The van der Waals surface area contributed by atoms with Crippen LogP contribution in [0.15, 0.2) is 146 Å². The molecule has 0 saturated heterocycles. The van der Waals surface area contributed by atoms with E-state index in [-0.39, 0.29) is 32.5 Å². The predicted molar refractivity (Wildman–Crippen MR) is 260 cm³/mol. The number of hydrogen-bond acceptors (Lipinski definition) is 3. The SMILES string of the molecule is CC(C)(C)c1cc(C(C)(C)c2ccccc2)ccc1OP(Oc1ccc(C(C)(C)c2ccccc2)cc1C(C)(C)C)Oc1ccc(C(C)(C)c2ccccc2)cc1C(C)(C)C. The molecule has 6 aromatic carbocycles. The van der Waals surface area contributed by atoms with Crippen LogP contribution in [0.2, 0.25) is 0 Å². The molecule has 0 radical (unpaired) electrons. The fourth-order valence-electron chi connectivity index (χ4n) is 8.11. The Morgan fingerprint density at radius 3 is 0.721 bits per heavy atom. The van der Waals surface area contributed by atoms with Gasteiger partial charge in [-0.15, -0.1) is 0 Å². The van der Waals surface area contributed by atoms with Crippen molar-refractivity contribution < 1.29 is 13.6 Å². The van der Waals surface area contributed by atoms with E-state index in [1.807, 2.05) is 0 Å². The third kappa shape index (κ3) is 10.1. The van der Waals surface area contributed by atoms with Gasteiger partial charge >= 0.3 is 8.60 Å². The fourth-order valence-corrected chi connectivity index (χ4v) is 9.19. The summed E-state index contributed by atoms with van der Waals surface area (Å²) in [5.41, 5.74) is 9.40. The minimum absolute atomic E-state index is 0.217. The summed E-state index contributed by atoms with van der Waals surface area (Å²) >= 11 is 0. The molecule has 0 aromatic heterocycles. The first-order valence-corrected chi connectivity index (χ1v) is 23.0. The first-order valence-electron chi connectivity index (χ1n) is 21.9. The first-order chi connectivity index (χ1) is 28.4. The molecule has 0 bridgehead atoms. The Kier molecular flexibility index (Phi) is 12.8. The molecule has 6 rings (SSSR count). The van der Waals surface area contributed by atoms with Crippen molar-refractivity contribution in [3.05, 3.63) is 196 Å². The summed E-state index contributed by atoms with van der Waals surface area (Å²) < 4.78 is 21.4. The Bertz CT molecular complexity index is 2130. The van der Waals surface area contributed by atoms with Crippen molar-refractivity contribution in [1.29, 1.82) is 0 Å². The molecule has 0 amide bonds. The zero-order valence-electron chi connectivity index (χ0n) is 39.5. The molecule has 0 aliphatic carbocycles. The third-order valence-electron chi connectivity index (χ3n) is 12.5. The van der Waals surface area contributed by atoms with Crippen molar-refractivity contribution in [2.24, 2.45) is 0 Å². The minimum atomic E-state index is -2.02. The minimum Gasteiger partial charge on any atom is -0.408 e. The van der Waals surface area contributed by atoms with E-state index in [9.17, 15) is 0 Å². The molecule has 320 valence electrons. The average Bonchev–Trinajstić information content (AvgIpc) is 3.21. The lowest BCUT2D eigenvalue weighted by Gasteiger charge is -2.32. The Balaban J connectivity index is 1.48. The van der Waals surface area contributed by atoms with E-state index in [1.165, 1.54) is 33.4 Å². The van der Waals surface area contributed by atoms with Crippen molar-refractivity contribution in [3.63, 3.8) is 0 Å². The third-order valence-corrected chi connectivity index (χ3v) is 13.6. The summed E-state index contributed by atoms with van der Waals surface area (Å²) in [5, 5.41) is 0. The molecule has 0 atom stereocenters. The molecule has 0 unspecified atom stereocenters. The summed E-state index contributed by atoms with van der Waals surface area (Å²) in [6, 6.07) is 52.1. The van der Waals surface area contributed by atoms with Crippen LogP contribution in [0, 0.1) is 0 Å².